The fraction of sp³-hybridized carbons (Fsp3) is 0.429. The second-order valence-corrected chi connectivity index (χ2v) is 5.16. The molecule has 0 N–H and O–H groups in total. The molecule has 0 bridgehead atoms. The number of nitrogens with zero attached hydrogens (tertiary/aromatic N) is 6. The molecule has 1 saturated heterocycles. The Morgan fingerprint density at radius 2 is 1.81 bits per heavy atom. The first kappa shape index (κ1) is 13.5. The molecule has 0 unspecified atom stereocenters. The number of anilines is 1. The van der Waals surface area contributed by atoms with Gasteiger partial charge in [0.15, 0.2) is 5.69 Å². The predicted molar refractivity (Wildman–Crippen MR) is 78.1 cm³/mol. The molecule has 3 rings (SSSR count). The molecular weight excluding hydrogens is 268 g/mol. The SMILES string of the molecule is Cc1cn(C)nc1C(=O)N1CCN(c2ncccn2)CC1. The van der Waals surface area contributed by atoms with Crippen molar-refractivity contribution in [3.8, 4) is 0 Å². The Kier molecular flexibility index (Phi) is 3.55. The summed E-state index contributed by atoms with van der Waals surface area (Å²) in [5.41, 5.74) is 1.46. The Hall–Kier alpha value is -2.44. The Bertz CT molecular complexity index is 630. The number of amides is 1. The third-order valence-electron chi connectivity index (χ3n) is 3.62. The van der Waals surface area contributed by atoms with E-state index in [4.69, 9.17) is 0 Å². The van der Waals surface area contributed by atoms with Crippen molar-refractivity contribution in [1.29, 1.82) is 0 Å². The van der Waals surface area contributed by atoms with E-state index in [9.17, 15) is 4.79 Å². The van der Waals surface area contributed by atoms with Gasteiger partial charge in [0.2, 0.25) is 5.95 Å². The summed E-state index contributed by atoms with van der Waals surface area (Å²) in [4.78, 5) is 24.9. The van der Waals surface area contributed by atoms with Crippen LogP contribution in [0.3, 0.4) is 0 Å². The molecule has 0 aromatic carbocycles. The molecule has 0 radical (unpaired) electrons. The number of carbonyl (C=O) groups excluding carboxylic acids is 1. The third kappa shape index (κ3) is 2.72. The highest BCUT2D eigenvalue weighted by Gasteiger charge is 2.25. The van der Waals surface area contributed by atoms with E-state index in [0.29, 0.717) is 18.8 Å². The third-order valence-corrected chi connectivity index (χ3v) is 3.62. The van der Waals surface area contributed by atoms with Gasteiger partial charge in [0.05, 0.1) is 0 Å². The van der Waals surface area contributed by atoms with Gasteiger partial charge in [-0.2, -0.15) is 5.10 Å². The van der Waals surface area contributed by atoms with Gasteiger partial charge in [0.1, 0.15) is 0 Å². The van der Waals surface area contributed by atoms with Crippen LogP contribution in [0.4, 0.5) is 5.95 Å². The van der Waals surface area contributed by atoms with Gasteiger partial charge < -0.3 is 9.80 Å². The first-order valence-electron chi connectivity index (χ1n) is 6.96. The number of aryl methyl sites for hydroxylation is 2. The Labute approximate surface area is 123 Å². The van der Waals surface area contributed by atoms with Crippen LogP contribution in [0.25, 0.3) is 0 Å². The quantitative estimate of drug-likeness (QED) is 0.803. The molecule has 1 fully saturated rings. The van der Waals surface area contributed by atoms with Crippen LogP contribution in [0.1, 0.15) is 16.1 Å². The number of aromatic nitrogens is 4. The van der Waals surface area contributed by atoms with Crippen molar-refractivity contribution >= 4 is 11.9 Å². The van der Waals surface area contributed by atoms with Gasteiger partial charge in [-0.3, -0.25) is 9.48 Å². The molecule has 0 atom stereocenters. The summed E-state index contributed by atoms with van der Waals surface area (Å²) < 4.78 is 1.68. The van der Waals surface area contributed by atoms with Gasteiger partial charge in [-0.25, -0.2) is 9.97 Å². The van der Waals surface area contributed by atoms with Gasteiger partial charge in [-0.05, 0) is 13.0 Å². The molecule has 1 aliphatic heterocycles. The van der Waals surface area contributed by atoms with Crippen LogP contribution in [0.2, 0.25) is 0 Å². The van der Waals surface area contributed by atoms with E-state index < -0.39 is 0 Å². The zero-order valence-corrected chi connectivity index (χ0v) is 12.2. The first-order valence-corrected chi connectivity index (χ1v) is 6.96. The molecule has 3 heterocycles. The van der Waals surface area contributed by atoms with E-state index in [-0.39, 0.29) is 5.91 Å². The zero-order valence-electron chi connectivity index (χ0n) is 12.2. The van der Waals surface area contributed by atoms with E-state index in [1.54, 1.807) is 23.1 Å². The lowest BCUT2D eigenvalue weighted by atomic mass is 10.2. The number of piperazine rings is 1. The lowest BCUT2D eigenvalue weighted by Gasteiger charge is -2.34. The van der Waals surface area contributed by atoms with Crippen LogP contribution in [0.15, 0.2) is 24.7 Å². The molecule has 0 saturated carbocycles. The molecule has 1 aliphatic rings. The first-order chi connectivity index (χ1) is 10.1. The Morgan fingerprint density at radius 1 is 1.14 bits per heavy atom. The number of hydrogen-bond acceptors (Lipinski definition) is 5. The molecule has 2 aromatic rings. The fourth-order valence-corrected chi connectivity index (χ4v) is 2.53. The fourth-order valence-electron chi connectivity index (χ4n) is 2.53. The topological polar surface area (TPSA) is 67.2 Å². The van der Waals surface area contributed by atoms with Crippen molar-refractivity contribution in [3.05, 3.63) is 35.9 Å². The summed E-state index contributed by atoms with van der Waals surface area (Å²) in [6.07, 6.45) is 5.33. The molecule has 7 heteroatoms. The van der Waals surface area contributed by atoms with E-state index in [0.717, 1.165) is 24.6 Å². The smallest absolute Gasteiger partial charge is 0.274 e. The summed E-state index contributed by atoms with van der Waals surface area (Å²) in [6.45, 7) is 4.71. The summed E-state index contributed by atoms with van der Waals surface area (Å²) in [5.74, 6) is 0.723. The highest BCUT2D eigenvalue weighted by Crippen LogP contribution is 2.13. The van der Waals surface area contributed by atoms with Crippen molar-refractivity contribution in [3.63, 3.8) is 0 Å². The van der Waals surface area contributed by atoms with E-state index >= 15 is 0 Å². The maximum Gasteiger partial charge on any atom is 0.274 e. The van der Waals surface area contributed by atoms with Crippen molar-refractivity contribution in [1.82, 2.24) is 24.6 Å². The molecule has 0 spiro atoms. The summed E-state index contributed by atoms with van der Waals surface area (Å²) >= 11 is 0. The second-order valence-electron chi connectivity index (χ2n) is 5.16. The highest BCUT2D eigenvalue weighted by atomic mass is 16.2. The van der Waals surface area contributed by atoms with Crippen molar-refractivity contribution < 1.29 is 4.79 Å². The van der Waals surface area contributed by atoms with E-state index in [2.05, 4.69) is 20.0 Å². The van der Waals surface area contributed by atoms with E-state index in [1.165, 1.54) is 0 Å². The Balaban J connectivity index is 1.66. The lowest BCUT2D eigenvalue weighted by Crippen LogP contribution is -2.49. The van der Waals surface area contributed by atoms with Crippen molar-refractivity contribution in [2.45, 2.75) is 6.92 Å². The van der Waals surface area contributed by atoms with Gasteiger partial charge in [0, 0.05) is 57.4 Å². The minimum Gasteiger partial charge on any atom is -0.337 e. The maximum absolute atomic E-state index is 12.5. The average molecular weight is 286 g/mol. The van der Waals surface area contributed by atoms with Crippen LogP contribution in [-0.2, 0) is 7.05 Å². The molecule has 1 amide bonds. The minimum atomic E-state index is 0.00160. The minimum absolute atomic E-state index is 0.00160. The standard InChI is InChI=1S/C14H18N6O/c1-11-10-18(2)17-12(11)13(21)19-6-8-20(9-7-19)14-15-4-3-5-16-14/h3-5,10H,6-9H2,1-2H3. The van der Waals surface area contributed by atoms with Crippen molar-refractivity contribution in [2.75, 3.05) is 31.1 Å². The Morgan fingerprint density at radius 3 is 2.38 bits per heavy atom. The molecule has 7 nitrogen and oxygen atoms in total. The van der Waals surface area contributed by atoms with Crippen LogP contribution in [-0.4, -0.2) is 56.7 Å². The van der Waals surface area contributed by atoms with Gasteiger partial charge >= 0.3 is 0 Å². The van der Waals surface area contributed by atoms with Crippen LogP contribution >= 0.6 is 0 Å². The zero-order chi connectivity index (χ0) is 14.8. The monoisotopic (exact) mass is 286 g/mol. The largest absolute Gasteiger partial charge is 0.337 e. The van der Waals surface area contributed by atoms with Gasteiger partial charge in [0.25, 0.3) is 5.91 Å². The van der Waals surface area contributed by atoms with Crippen LogP contribution in [0, 0.1) is 6.92 Å². The number of carbonyl (C=O) groups is 1. The molecular formula is C14H18N6O. The molecule has 21 heavy (non-hydrogen) atoms. The molecule has 0 aliphatic carbocycles. The molecule has 110 valence electrons. The second kappa shape index (κ2) is 5.51. The number of rotatable bonds is 2. The summed E-state index contributed by atoms with van der Waals surface area (Å²) in [5, 5.41) is 4.25. The van der Waals surface area contributed by atoms with E-state index in [1.807, 2.05) is 25.1 Å². The van der Waals surface area contributed by atoms with Gasteiger partial charge in [-0.15, -0.1) is 0 Å². The van der Waals surface area contributed by atoms with Crippen molar-refractivity contribution in [2.24, 2.45) is 7.05 Å². The normalized spacial score (nSPS) is 15.3. The van der Waals surface area contributed by atoms with Crippen LogP contribution < -0.4 is 4.90 Å². The lowest BCUT2D eigenvalue weighted by molar-refractivity contribution is 0.0739. The van der Waals surface area contributed by atoms with Crippen LogP contribution in [0.5, 0.6) is 0 Å². The van der Waals surface area contributed by atoms with Gasteiger partial charge in [-0.1, -0.05) is 0 Å². The maximum atomic E-state index is 12.5. The molecule has 2 aromatic heterocycles. The average Bonchev–Trinajstić information content (AvgIpc) is 2.86. The summed E-state index contributed by atoms with van der Waals surface area (Å²) in [6, 6.07) is 1.80. The predicted octanol–water partition coefficient (Wildman–Crippen LogP) is 0.481. The number of hydrogen-bond donors (Lipinski definition) is 0. The summed E-state index contributed by atoms with van der Waals surface area (Å²) in [7, 11) is 1.83. The highest BCUT2D eigenvalue weighted by molar-refractivity contribution is 5.93.